The molecule has 0 spiro atoms. The Bertz CT molecular complexity index is 859. The molecule has 4 nitrogen and oxygen atoms in total. The molecule has 3 rings (SSSR count). The minimum atomic E-state index is 0.431. The van der Waals surface area contributed by atoms with Crippen LogP contribution in [0.5, 0.6) is 0 Å². The van der Waals surface area contributed by atoms with Gasteiger partial charge in [0.1, 0.15) is 0 Å². The highest BCUT2D eigenvalue weighted by Gasteiger charge is 2.21. The second-order valence-corrected chi connectivity index (χ2v) is 9.03. The summed E-state index contributed by atoms with van der Waals surface area (Å²) < 4.78 is 5.61. The fourth-order valence-corrected chi connectivity index (χ4v) is 4.21. The van der Waals surface area contributed by atoms with Gasteiger partial charge in [-0.2, -0.15) is 0 Å². The molecule has 1 saturated heterocycles. The van der Waals surface area contributed by atoms with Gasteiger partial charge in [-0.1, -0.05) is 63.6 Å². The van der Waals surface area contributed by atoms with Crippen molar-refractivity contribution in [3.05, 3.63) is 58.1 Å². The molecule has 0 unspecified atom stereocenters. The van der Waals surface area contributed by atoms with E-state index in [1.165, 1.54) is 33.5 Å². The number of morpholine rings is 1. The Balaban J connectivity index is 2.12. The summed E-state index contributed by atoms with van der Waals surface area (Å²) in [7, 11) is 0. The van der Waals surface area contributed by atoms with Gasteiger partial charge in [0.2, 0.25) is 5.96 Å². The summed E-state index contributed by atoms with van der Waals surface area (Å²) in [6, 6.07) is 11.1. The molecule has 0 aromatic heterocycles. The van der Waals surface area contributed by atoms with Crippen molar-refractivity contribution < 1.29 is 4.74 Å². The summed E-state index contributed by atoms with van der Waals surface area (Å²) in [5.41, 5.74) is 8.62. The fourth-order valence-electron chi connectivity index (χ4n) is 4.21. The third-order valence-electron chi connectivity index (χ3n) is 5.77. The first-order valence-electron chi connectivity index (χ1n) is 11.2. The SMILES string of the molecule is Cc1cc(C)c(N=C(Nc2c(C(C)C)cccc2C(C)C)N2CCOCC2)c(C)c1. The molecule has 0 amide bonds. The van der Waals surface area contributed by atoms with Gasteiger partial charge in [0, 0.05) is 18.8 Å². The van der Waals surface area contributed by atoms with Gasteiger partial charge >= 0.3 is 0 Å². The second-order valence-electron chi connectivity index (χ2n) is 9.03. The number of para-hydroxylation sites is 1. The zero-order chi connectivity index (χ0) is 21.8. The molecule has 162 valence electrons. The van der Waals surface area contributed by atoms with E-state index in [1.54, 1.807) is 0 Å². The molecule has 1 aliphatic rings. The van der Waals surface area contributed by atoms with Crippen LogP contribution in [-0.2, 0) is 4.74 Å². The summed E-state index contributed by atoms with van der Waals surface area (Å²) in [4.78, 5) is 7.52. The molecule has 30 heavy (non-hydrogen) atoms. The van der Waals surface area contributed by atoms with E-state index >= 15 is 0 Å². The third kappa shape index (κ3) is 5.04. The van der Waals surface area contributed by atoms with E-state index in [0.717, 1.165) is 38.0 Å². The molecule has 0 saturated carbocycles. The van der Waals surface area contributed by atoms with Crippen LogP contribution in [0.3, 0.4) is 0 Å². The number of nitrogens with one attached hydrogen (secondary N) is 1. The average Bonchev–Trinajstić information content (AvgIpc) is 2.70. The van der Waals surface area contributed by atoms with Gasteiger partial charge in [-0.3, -0.25) is 0 Å². The van der Waals surface area contributed by atoms with Crippen LogP contribution in [0, 0.1) is 20.8 Å². The number of guanidine groups is 1. The quantitative estimate of drug-likeness (QED) is 0.478. The van der Waals surface area contributed by atoms with E-state index in [1.807, 2.05) is 0 Å². The number of hydrogen-bond acceptors (Lipinski definition) is 2. The fraction of sp³-hybridized carbons (Fsp3) is 0.500. The standard InChI is InChI=1S/C26H37N3O/c1-17(2)22-9-8-10-23(18(3)4)25(22)28-26(29-11-13-30-14-12-29)27-24-20(6)15-19(5)16-21(24)7/h8-10,15-18H,11-14H2,1-7H3,(H,27,28). The minimum Gasteiger partial charge on any atom is -0.378 e. The van der Waals surface area contributed by atoms with Gasteiger partial charge in [-0.15, -0.1) is 0 Å². The Morgan fingerprint density at radius 3 is 1.97 bits per heavy atom. The van der Waals surface area contributed by atoms with Crippen LogP contribution in [-0.4, -0.2) is 37.2 Å². The highest BCUT2D eigenvalue weighted by Crippen LogP contribution is 2.33. The third-order valence-corrected chi connectivity index (χ3v) is 5.77. The monoisotopic (exact) mass is 407 g/mol. The first-order chi connectivity index (χ1) is 14.3. The zero-order valence-corrected chi connectivity index (χ0v) is 19.7. The number of anilines is 1. The average molecular weight is 408 g/mol. The molecule has 0 atom stereocenters. The molecular weight excluding hydrogens is 370 g/mol. The lowest BCUT2D eigenvalue weighted by Crippen LogP contribution is -2.44. The van der Waals surface area contributed by atoms with Crippen molar-refractivity contribution in [2.45, 2.75) is 60.3 Å². The largest absolute Gasteiger partial charge is 0.378 e. The van der Waals surface area contributed by atoms with Crippen LogP contribution in [0.15, 0.2) is 35.3 Å². The van der Waals surface area contributed by atoms with Crippen LogP contribution in [0.25, 0.3) is 0 Å². The van der Waals surface area contributed by atoms with Crippen molar-refractivity contribution in [1.29, 1.82) is 0 Å². The second kappa shape index (κ2) is 9.65. The Labute approximate surface area is 182 Å². The van der Waals surface area contributed by atoms with E-state index in [4.69, 9.17) is 9.73 Å². The number of rotatable bonds is 4. The van der Waals surface area contributed by atoms with Crippen molar-refractivity contribution in [3.8, 4) is 0 Å². The number of aliphatic imine (C=N–C) groups is 1. The van der Waals surface area contributed by atoms with E-state index in [-0.39, 0.29) is 0 Å². The van der Waals surface area contributed by atoms with E-state index in [2.05, 4.69) is 89.0 Å². The predicted octanol–water partition coefficient (Wildman–Crippen LogP) is 6.29. The molecule has 1 fully saturated rings. The lowest BCUT2D eigenvalue weighted by atomic mass is 9.92. The lowest BCUT2D eigenvalue weighted by Gasteiger charge is -2.32. The molecule has 1 aliphatic heterocycles. The first kappa shape index (κ1) is 22.4. The number of aryl methyl sites for hydroxylation is 3. The van der Waals surface area contributed by atoms with Gasteiger partial charge in [0.05, 0.1) is 18.9 Å². The van der Waals surface area contributed by atoms with Crippen molar-refractivity contribution in [3.63, 3.8) is 0 Å². The van der Waals surface area contributed by atoms with Crippen LogP contribution in [0.2, 0.25) is 0 Å². The van der Waals surface area contributed by atoms with E-state index in [0.29, 0.717) is 11.8 Å². The maximum absolute atomic E-state index is 5.61. The normalized spacial score (nSPS) is 15.2. The van der Waals surface area contributed by atoms with Crippen LogP contribution >= 0.6 is 0 Å². The number of ether oxygens (including phenoxy) is 1. The van der Waals surface area contributed by atoms with Crippen LogP contribution in [0.1, 0.15) is 67.3 Å². The van der Waals surface area contributed by atoms with Gasteiger partial charge in [0.25, 0.3) is 0 Å². The molecule has 2 aromatic carbocycles. The lowest BCUT2D eigenvalue weighted by molar-refractivity contribution is 0.0680. The van der Waals surface area contributed by atoms with Crippen molar-refractivity contribution >= 4 is 17.3 Å². The molecular formula is C26H37N3O. The Morgan fingerprint density at radius 2 is 1.47 bits per heavy atom. The Morgan fingerprint density at radius 1 is 0.933 bits per heavy atom. The summed E-state index contributed by atoms with van der Waals surface area (Å²) >= 11 is 0. The molecule has 2 aromatic rings. The predicted molar refractivity (Wildman–Crippen MR) is 128 cm³/mol. The summed E-state index contributed by atoms with van der Waals surface area (Å²) in [5.74, 6) is 1.78. The number of nitrogens with zero attached hydrogens (tertiary/aromatic N) is 2. The maximum atomic E-state index is 5.61. The van der Waals surface area contributed by atoms with Gasteiger partial charge in [-0.25, -0.2) is 4.99 Å². The number of benzene rings is 2. The summed E-state index contributed by atoms with van der Waals surface area (Å²) in [5, 5.41) is 3.79. The van der Waals surface area contributed by atoms with Crippen molar-refractivity contribution in [2.75, 3.05) is 31.6 Å². The van der Waals surface area contributed by atoms with Gasteiger partial charge in [0.15, 0.2) is 0 Å². The molecule has 0 aliphatic carbocycles. The summed E-state index contributed by atoms with van der Waals surface area (Å²) in [6.07, 6.45) is 0. The smallest absolute Gasteiger partial charge is 0.203 e. The zero-order valence-electron chi connectivity index (χ0n) is 19.7. The molecule has 1 heterocycles. The Hall–Kier alpha value is -2.33. The highest BCUT2D eigenvalue weighted by molar-refractivity contribution is 5.97. The first-order valence-corrected chi connectivity index (χ1v) is 11.2. The van der Waals surface area contributed by atoms with E-state index in [9.17, 15) is 0 Å². The molecule has 0 radical (unpaired) electrons. The minimum absolute atomic E-state index is 0.431. The molecule has 4 heteroatoms. The van der Waals surface area contributed by atoms with Crippen LogP contribution in [0.4, 0.5) is 11.4 Å². The molecule has 1 N–H and O–H groups in total. The topological polar surface area (TPSA) is 36.9 Å². The number of hydrogen-bond donors (Lipinski definition) is 1. The highest BCUT2D eigenvalue weighted by atomic mass is 16.5. The van der Waals surface area contributed by atoms with Gasteiger partial charge < -0.3 is 15.0 Å². The van der Waals surface area contributed by atoms with E-state index < -0.39 is 0 Å². The Kier molecular flexibility index (Phi) is 7.19. The molecule has 0 bridgehead atoms. The van der Waals surface area contributed by atoms with Crippen LogP contribution < -0.4 is 5.32 Å². The summed E-state index contributed by atoms with van der Waals surface area (Å²) in [6.45, 7) is 18.6. The van der Waals surface area contributed by atoms with Crippen molar-refractivity contribution in [2.24, 2.45) is 4.99 Å². The van der Waals surface area contributed by atoms with Crippen molar-refractivity contribution in [1.82, 2.24) is 4.90 Å². The van der Waals surface area contributed by atoms with Gasteiger partial charge in [-0.05, 0) is 54.9 Å². The maximum Gasteiger partial charge on any atom is 0.203 e.